The Bertz CT molecular complexity index is 1270. The third kappa shape index (κ3) is 4.49. The van der Waals surface area contributed by atoms with Crippen molar-refractivity contribution in [3.8, 4) is 22.3 Å². The van der Waals surface area contributed by atoms with Crippen molar-refractivity contribution in [2.24, 2.45) is 0 Å². The number of benzene rings is 3. The summed E-state index contributed by atoms with van der Waals surface area (Å²) in [6.07, 6.45) is 1.91. The molecule has 1 aliphatic heterocycles. The van der Waals surface area contributed by atoms with Crippen molar-refractivity contribution in [3.05, 3.63) is 78.6 Å². The highest BCUT2D eigenvalue weighted by Gasteiger charge is 2.33. The molecular formula is C28H30N4O. The van der Waals surface area contributed by atoms with E-state index < -0.39 is 0 Å². The van der Waals surface area contributed by atoms with Crippen LogP contribution in [0.1, 0.15) is 45.5 Å². The predicted octanol–water partition coefficient (Wildman–Crippen LogP) is 6.54. The molecule has 1 atom stereocenters. The van der Waals surface area contributed by atoms with Crippen LogP contribution in [0.2, 0.25) is 0 Å². The van der Waals surface area contributed by atoms with Gasteiger partial charge in [-0.15, -0.1) is 0 Å². The largest absolute Gasteiger partial charge is 0.340 e. The van der Waals surface area contributed by atoms with Crippen molar-refractivity contribution in [1.29, 1.82) is 0 Å². The quantitative estimate of drug-likeness (QED) is 0.381. The van der Waals surface area contributed by atoms with Gasteiger partial charge in [0.15, 0.2) is 0 Å². The van der Waals surface area contributed by atoms with Gasteiger partial charge in [0.1, 0.15) is 5.82 Å². The molecule has 2 heterocycles. The zero-order valence-electron chi connectivity index (χ0n) is 19.4. The summed E-state index contributed by atoms with van der Waals surface area (Å²) in [5.41, 5.74) is 6.40. The second kappa shape index (κ2) is 8.39. The molecule has 1 aliphatic rings. The number of hydrogen-bond acceptors (Lipinski definition) is 2. The monoisotopic (exact) mass is 438 g/mol. The van der Waals surface area contributed by atoms with E-state index >= 15 is 0 Å². The van der Waals surface area contributed by atoms with Gasteiger partial charge in [-0.3, -0.25) is 0 Å². The molecule has 1 saturated heterocycles. The van der Waals surface area contributed by atoms with Crippen LogP contribution < -0.4 is 5.32 Å². The van der Waals surface area contributed by atoms with Gasteiger partial charge in [-0.2, -0.15) is 0 Å². The average molecular weight is 439 g/mol. The van der Waals surface area contributed by atoms with E-state index in [-0.39, 0.29) is 17.6 Å². The molecule has 1 unspecified atom stereocenters. The summed E-state index contributed by atoms with van der Waals surface area (Å²) in [6.45, 7) is 6.77. The molecule has 0 radical (unpaired) electrons. The molecule has 0 aliphatic carbocycles. The topological polar surface area (TPSA) is 61.0 Å². The van der Waals surface area contributed by atoms with Crippen LogP contribution in [0.15, 0.2) is 72.8 Å². The number of aromatic amines is 1. The number of imidazole rings is 1. The normalized spacial score (nSPS) is 16.3. The van der Waals surface area contributed by atoms with Gasteiger partial charge >= 0.3 is 6.03 Å². The van der Waals surface area contributed by atoms with Gasteiger partial charge in [-0.25, -0.2) is 9.78 Å². The Kier molecular flexibility index (Phi) is 5.41. The fourth-order valence-electron chi connectivity index (χ4n) is 4.54. The molecule has 1 aromatic heterocycles. The molecule has 5 rings (SSSR count). The lowest BCUT2D eigenvalue weighted by Crippen LogP contribution is -2.48. The molecule has 0 bridgehead atoms. The average Bonchev–Trinajstić information content (AvgIpc) is 3.45. The van der Waals surface area contributed by atoms with E-state index in [1.165, 1.54) is 16.7 Å². The zero-order valence-corrected chi connectivity index (χ0v) is 19.4. The maximum absolute atomic E-state index is 12.8. The molecular weight excluding hydrogens is 408 g/mol. The van der Waals surface area contributed by atoms with E-state index in [1.807, 2.05) is 31.7 Å². The van der Waals surface area contributed by atoms with Crippen LogP contribution in [0.4, 0.5) is 4.79 Å². The fourth-order valence-corrected chi connectivity index (χ4v) is 4.54. The van der Waals surface area contributed by atoms with Crippen molar-refractivity contribution in [2.45, 2.75) is 45.2 Å². The van der Waals surface area contributed by atoms with E-state index in [4.69, 9.17) is 4.98 Å². The second-order valence-electron chi connectivity index (χ2n) is 9.83. The number of rotatable bonds is 3. The number of amides is 2. The summed E-state index contributed by atoms with van der Waals surface area (Å²) in [4.78, 5) is 23.0. The molecule has 33 heavy (non-hydrogen) atoms. The number of aromatic nitrogens is 2. The summed E-state index contributed by atoms with van der Waals surface area (Å²) in [5, 5.41) is 3.09. The number of nitrogens with one attached hydrogen (secondary N) is 2. The first-order chi connectivity index (χ1) is 15.9. The lowest BCUT2D eigenvalue weighted by molar-refractivity contribution is 0.182. The van der Waals surface area contributed by atoms with Gasteiger partial charge in [0.25, 0.3) is 0 Å². The van der Waals surface area contributed by atoms with Crippen molar-refractivity contribution in [3.63, 3.8) is 0 Å². The Hall–Kier alpha value is -3.60. The number of nitrogens with zero attached hydrogens (tertiary/aromatic N) is 2. The van der Waals surface area contributed by atoms with Crippen LogP contribution in [0.25, 0.3) is 33.3 Å². The Balaban J connectivity index is 1.39. The van der Waals surface area contributed by atoms with Crippen molar-refractivity contribution >= 4 is 17.1 Å². The minimum Gasteiger partial charge on any atom is -0.340 e. The maximum Gasteiger partial charge on any atom is 0.318 e. The SMILES string of the molecule is CC(C)(C)NC(=O)N1CCCC1c1nc2ccc(-c3ccc(-c4ccccc4)cc3)cc2[nH]1. The number of likely N-dealkylation sites (tertiary alicyclic amines) is 1. The van der Waals surface area contributed by atoms with Crippen LogP contribution in [0.5, 0.6) is 0 Å². The molecule has 5 heteroatoms. The van der Waals surface area contributed by atoms with Crippen molar-refractivity contribution < 1.29 is 4.79 Å². The van der Waals surface area contributed by atoms with Crippen LogP contribution >= 0.6 is 0 Å². The van der Waals surface area contributed by atoms with Crippen LogP contribution in [-0.4, -0.2) is 33.0 Å². The molecule has 2 amide bonds. The number of carbonyl (C=O) groups excluding carboxylic acids is 1. The Morgan fingerprint density at radius 2 is 1.58 bits per heavy atom. The van der Waals surface area contributed by atoms with Crippen LogP contribution in [-0.2, 0) is 0 Å². The van der Waals surface area contributed by atoms with Crippen LogP contribution in [0.3, 0.4) is 0 Å². The smallest absolute Gasteiger partial charge is 0.318 e. The third-order valence-corrected chi connectivity index (χ3v) is 6.14. The van der Waals surface area contributed by atoms with E-state index in [0.717, 1.165) is 41.8 Å². The number of carbonyl (C=O) groups is 1. The lowest BCUT2D eigenvalue weighted by Gasteiger charge is -2.28. The summed E-state index contributed by atoms with van der Waals surface area (Å²) < 4.78 is 0. The van der Waals surface area contributed by atoms with Gasteiger partial charge in [-0.1, -0.05) is 60.7 Å². The minimum atomic E-state index is -0.261. The highest BCUT2D eigenvalue weighted by molar-refractivity contribution is 5.83. The van der Waals surface area contributed by atoms with Crippen molar-refractivity contribution in [1.82, 2.24) is 20.2 Å². The molecule has 0 spiro atoms. The highest BCUT2D eigenvalue weighted by atomic mass is 16.2. The fraction of sp³-hybridized carbons (Fsp3) is 0.286. The molecule has 0 saturated carbocycles. The number of hydrogen-bond donors (Lipinski definition) is 2. The predicted molar refractivity (Wildman–Crippen MR) is 134 cm³/mol. The molecule has 1 fully saturated rings. The third-order valence-electron chi connectivity index (χ3n) is 6.14. The van der Waals surface area contributed by atoms with Gasteiger partial charge in [0.2, 0.25) is 0 Å². The second-order valence-corrected chi connectivity index (χ2v) is 9.83. The summed E-state index contributed by atoms with van der Waals surface area (Å²) in [5.74, 6) is 0.864. The molecule has 2 N–H and O–H groups in total. The van der Waals surface area contributed by atoms with E-state index in [1.54, 1.807) is 0 Å². The Morgan fingerprint density at radius 1 is 0.939 bits per heavy atom. The highest BCUT2D eigenvalue weighted by Crippen LogP contribution is 2.33. The zero-order chi connectivity index (χ0) is 23.0. The summed E-state index contributed by atoms with van der Waals surface area (Å²) >= 11 is 0. The van der Waals surface area contributed by atoms with Gasteiger partial charge < -0.3 is 15.2 Å². The number of urea groups is 1. The van der Waals surface area contributed by atoms with E-state index in [9.17, 15) is 4.79 Å². The van der Waals surface area contributed by atoms with Gasteiger partial charge in [0, 0.05) is 12.1 Å². The molecule has 5 nitrogen and oxygen atoms in total. The van der Waals surface area contributed by atoms with Crippen LogP contribution in [0, 0.1) is 0 Å². The standard InChI is InChI=1S/C28H30N4O/c1-28(2,3)31-27(33)32-17-7-10-25(32)26-29-23-16-15-22(18-24(23)30-26)21-13-11-20(12-14-21)19-8-5-4-6-9-19/h4-6,8-9,11-16,18,25H,7,10,17H2,1-3H3,(H,29,30)(H,31,33). The lowest BCUT2D eigenvalue weighted by atomic mass is 10.0. The van der Waals surface area contributed by atoms with E-state index in [0.29, 0.717) is 0 Å². The van der Waals surface area contributed by atoms with Gasteiger partial charge in [0.05, 0.1) is 17.1 Å². The summed E-state index contributed by atoms with van der Waals surface area (Å²) in [6, 6.07) is 25.3. The molecule has 168 valence electrons. The number of H-pyrrole nitrogens is 1. The summed E-state index contributed by atoms with van der Waals surface area (Å²) in [7, 11) is 0. The minimum absolute atomic E-state index is 0.0200. The first-order valence-electron chi connectivity index (χ1n) is 11.6. The first-order valence-corrected chi connectivity index (χ1v) is 11.6. The van der Waals surface area contributed by atoms with E-state index in [2.05, 4.69) is 77.0 Å². The molecule has 4 aromatic rings. The Morgan fingerprint density at radius 3 is 2.27 bits per heavy atom. The molecule has 3 aromatic carbocycles. The maximum atomic E-state index is 12.8. The Labute approximate surface area is 194 Å². The number of fused-ring (bicyclic) bond motifs is 1. The van der Waals surface area contributed by atoms with Crippen molar-refractivity contribution in [2.75, 3.05) is 6.54 Å². The van der Waals surface area contributed by atoms with Gasteiger partial charge in [-0.05, 0) is 68.0 Å². The first kappa shape index (κ1) is 21.3.